The second kappa shape index (κ2) is 8.79. The van der Waals surface area contributed by atoms with E-state index in [9.17, 15) is 31.4 Å². The highest BCUT2D eigenvalue weighted by atomic mass is 19.4. The maximum absolute atomic E-state index is 13.5. The molecule has 2 aromatic rings. The third-order valence-corrected chi connectivity index (χ3v) is 6.40. The van der Waals surface area contributed by atoms with Crippen molar-refractivity contribution >= 4 is 10.9 Å². The van der Waals surface area contributed by atoms with E-state index in [2.05, 4.69) is 9.88 Å². The molecule has 2 aliphatic rings. The van der Waals surface area contributed by atoms with Gasteiger partial charge in [-0.2, -0.15) is 26.3 Å². The summed E-state index contributed by atoms with van der Waals surface area (Å²) in [5, 5.41) is 10.8. The molecule has 1 N–H and O–H groups in total. The largest absolute Gasteiger partial charge is 0.433 e. The van der Waals surface area contributed by atoms with E-state index in [-0.39, 0.29) is 23.5 Å². The number of hydrogen-bond acceptors (Lipinski definition) is 4. The first-order valence-electron chi connectivity index (χ1n) is 10.8. The van der Waals surface area contributed by atoms with E-state index in [0.29, 0.717) is 18.7 Å². The number of para-hydroxylation sites is 1. The van der Waals surface area contributed by atoms with Crippen LogP contribution in [-0.4, -0.2) is 58.7 Å². The molecule has 2 atom stereocenters. The Balaban J connectivity index is 1.67. The minimum atomic E-state index is -4.94. The Labute approximate surface area is 181 Å². The first kappa shape index (κ1) is 23.3. The molecule has 0 spiro atoms. The summed E-state index contributed by atoms with van der Waals surface area (Å²) in [4.78, 5) is 7.67. The van der Waals surface area contributed by atoms with Gasteiger partial charge in [-0.15, -0.1) is 0 Å². The van der Waals surface area contributed by atoms with Gasteiger partial charge in [-0.3, -0.25) is 4.90 Å². The average molecular weight is 461 g/mol. The molecule has 2 saturated heterocycles. The summed E-state index contributed by atoms with van der Waals surface area (Å²) in [7, 11) is 0. The molecule has 3 heterocycles. The Bertz CT molecular complexity index is 955. The number of fused-ring (bicyclic) bond motifs is 1. The van der Waals surface area contributed by atoms with Gasteiger partial charge in [0.15, 0.2) is 0 Å². The molecule has 1 aromatic heterocycles. The van der Waals surface area contributed by atoms with Crippen LogP contribution in [0.15, 0.2) is 24.3 Å². The van der Waals surface area contributed by atoms with Crippen LogP contribution >= 0.6 is 0 Å². The summed E-state index contributed by atoms with van der Waals surface area (Å²) in [5.74, 6) is 0. The van der Waals surface area contributed by atoms with Crippen molar-refractivity contribution in [3.8, 4) is 0 Å². The number of benzene rings is 1. The van der Waals surface area contributed by atoms with Gasteiger partial charge in [0.1, 0.15) is 5.69 Å². The van der Waals surface area contributed by atoms with Gasteiger partial charge >= 0.3 is 12.4 Å². The molecule has 0 amide bonds. The molecular formula is C22H25F6N3O. The van der Waals surface area contributed by atoms with Crippen LogP contribution in [0, 0.1) is 0 Å². The number of rotatable bonds is 5. The van der Waals surface area contributed by atoms with Crippen LogP contribution in [0.3, 0.4) is 0 Å². The monoisotopic (exact) mass is 461 g/mol. The molecule has 32 heavy (non-hydrogen) atoms. The molecule has 1 aromatic carbocycles. The van der Waals surface area contributed by atoms with E-state index in [0.717, 1.165) is 51.4 Å². The lowest BCUT2D eigenvalue weighted by Gasteiger charge is -2.30. The van der Waals surface area contributed by atoms with Crippen LogP contribution in [-0.2, 0) is 12.4 Å². The SMILES string of the molecule is OC(CN1CCC[C@H]1CN1CCCC1)c1cc(C(F)(F)F)nc2c(C(F)(F)F)cccc12. The number of pyridine rings is 1. The smallest absolute Gasteiger partial charge is 0.387 e. The Morgan fingerprint density at radius 2 is 1.72 bits per heavy atom. The molecule has 0 saturated carbocycles. The van der Waals surface area contributed by atoms with Gasteiger partial charge in [-0.1, -0.05) is 12.1 Å². The first-order valence-corrected chi connectivity index (χ1v) is 10.8. The molecule has 4 rings (SSSR count). The minimum absolute atomic E-state index is 0.0607. The summed E-state index contributed by atoms with van der Waals surface area (Å²) < 4.78 is 80.7. The minimum Gasteiger partial charge on any atom is -0.387 e. The van der Waals surface area contributed by atoms with E-state index in [1.807, 2.05) is 4.90 Å². The zero-order chi connectivity index (χ0) is 23.1. The van der Waals surface area contributed by atoms with E-state index >= 15 is 0 Å². The van der Waals surface area contributed by atoms with Gasteiger partial charge in [0.25, 0.3) is 0 Å². The number of likely N-dealkylation sites (tertiary alicyclic amines) is 2. The van der Waals surface area contributed by atoms with Crippen molar-refractivity contribution in [1.29, 1.82) is 0 Å². The maximum Gasteiger partial charge on any atom is 0.433 e. The summed E-state index contributed by atoms with van der Waals surface area (Å²) in [6.07, 6.45) is -7.06. The second-order valence-corrected chi connectivity index (χ2v) is 8.61. The third-order valence-electron chi connectivity index (χ3n) is 6.40. The third kappa shape index (κ3) is 4.87. The molecule has 2 aliphatic heterocycles. The Morgan fingerprint density at radius 1 is 1.00 bits per heavy atom. The van der Waals surface area contributed by atoms with Crippen molar-refractivity contribution in [2.24, 2.45) is 0 Å². The zero-order valence-electron chi connectivity index (χ0n) is 17.4. The van der Waals surface area contributed by atoms with Crippen LogP contribution < -0.4 is 0 Å². The van der Waals surface area contributed by atoms with Gasteiger partial charge in [0.05, 0.1) is 17.2 Å². The summed E-state index contributed by atoms with van der Waals surface area (Å²) in [5.41, 5.74) is -3.66. The molecule has 4 nitrogen and oxygen atoms in total. The van der Waals surface area contributed by atoms with Crippen LogP contribution in [0.1, 0.15) is 48.6 Å². The number of β-amino-alcohol motifs (C(OH)–C–C–N with tert-alkyl or cyclic N) is 1. The summed E-state index contributed by atoms with van der Waals surface area (Å²) in [6.45, 7) is 3.60. The Hall–Kier alpha value is -1.91. The lowest BCUT2D eigenvalue weighted by atomic mass is 9.99. The molecule has 0 radical (unpaired) electrons. The van der Waals surface area contributed by atoms with Gasteiger partial charge in [0, 0.05) is 24.5 Å². The van der Waals surface area contributed by atoms with Gasteiger partial charge in [0.2, 0.25) is 0 Å². The number of aliphatic hydroxyl groups excluding tert-OH is 1. The van der Waals surface area contributed by atoms with Crippen molar-refractivity contribution in [2.75, 3.05) is 32.7 Å². The first-order chi connectivity index (χ1) is 15.0. The molecule has 176 valence electrons. The quantitative estimate of drug-likeness (QED) is 0.646. The molecule has 2 fully saturated rings. The van der Waals surface area contributed by atoms with Crippen LogP contribution in [0.25, 0.3) is 10.9 Å². The second-order valence-electron chi connectivity index (χ2n) is 8.61. The number of aliphatic hydroxyl groups is 1. The number of halogens is 6. The lowest BCUT2D eigenvalue weighted by molar-refractivity contribution is -0.142. The van der Waals surface area contributed by atoms with Gasteiger partial charge in [-0.05, 0) is 63.0 Å². The normalized spacial score (nSPS) is 22.2. The number of aromatic nitrogens is 1. The van der Waals surface area contributed by atoms with Crippen LogP contribution in [0.5, 0.6) is 0 Å². The van der Waals surface area contributed by atoms with Gasteiger partial charge < -0.3 is 10.0 Å². The predicted octanol–water partition coefficient (Wildman–Crippen LogP) is 4.87. The summed E-state index contributed by atoms with van der Waals surface area (Å²) in [6, 6.07) is 3.96. The fourth-order valence-corrected chi connectivity index (χ4v) is 4.85. The van der Waals surface area contributed by atoms with Gasteiger partial charge in [-0.25, -0.2) is 4.98 Å². The van der Waals surface area contributed by atoms with Crippen LogP contribution in [0.2, 0.25) is 0 Å². The van der Waals surface area contributed by atoms with E-state index < -0.39 is 35.2 Å². The van der Waals surface area contributed by atoms with Crippen molar-refractivity contribution in [3.05, 3.63) is 41.1 Å². The van der Waals surface area contributed by atoms with Crippen molar-refractivity contribution in [1.82, 2.24) is 14.8 Å². The van der Waals surface area contributed by atoms with E-state index in [1.165, 1.54) is 6.07 Å². The Morgan fingerprint density at radius 3 is 2.38 bits per heavy atom. The highest BCUT2D eigenvalue weighted by Crippen LogP contribution is 2.39. The molecule has 0 aliphatic carbocycles. The van der Waals surface area contributed by atoms with Crippen molar-refractivity contribution in [2.45, 2.75) is 50.2 Å². The molecule has 10 heteroatoms. The van der Waals surface area contributed by atoms with E-state index in [4.69, 9.17) is 0 Å². The summed E-state index contributed by atoms with van der Waals surface area (Å²) >= 11 is 0. The van der Waals surface area contributed by atoms with Crippen molar-refractivity contribution in [3.63, 3.8) is 0 Å². The van der Waals surface area contributed by atoms with Crippen LogP contribution in [0.4, 0.5) is 26.3 Å². The Kier molecular flexibility index (Phi) is 6.39. The molecular weight excluding hydrogens is 436 g/mol. The van der Waals surface area contributed by atoms with E-state index in [1.54, 1.807) is 0 Å². The fourth-order valence-electron chi connectivity index (χ4n) is 4.85. The molecule has 0 bridgehead atoms. The highest BCUT2D eigenvalue weighted by molar-refractivity contribution is 5.86. The number of nitrogens with zero attached hydrogens (tertiary/aromatic N) is 3. The fraction of sp³-hybridized carbons (Fsp3) is 0.591. The zero-order valence-corrected chi connectivity index (χ0v) is 17.4. The van der Waals surface area contributed by atoms with Crippen molar-refractivity contribution < 1.29 is 31.4 Å². The topological polar surface area (TPSA) is 39.6 Å². The number of alkyl halides is 6. The number of hydrogen-bond donors (Lipinski definition) is 1. The average Bonchev–Trinajstić information content (AvgIpc) is 3.38. The maximum atomic E-state index is 13.5. The standard InChI is InChI=1S/C22H25F6N3O/c23-21(24,25)17-7-3-6-15-16(11-19(22(26,27)28)29-20(15)17)18(32)13-31-10-4-5-14(31)12-30-8-1-2-9-30/h3,6-7,11,14,18,32H,1-2,4-5,8-10,12-13H2/t14-,18?/m0/s1. The predicted molar refractivity (Wildman–Crippen MR) is 107 cm³/mol. The highest BCUT2D eigenvalue weighted by Gasteiger charge is 2.38. The molecule has 1 unspecified atom stereocenters. The lowest BCUT2D eigenvalue weighted by Crippen LogP contribution is -2.41.